The van der Waals surface area contributed by atoms with E-state index >= 15 is 0 Å². The van der Waals surface area contributed by atoms with E-state index in [2.05, 4.69) is 22.1 Å². The molecule has 1 aromatic heterocycles. The fourth-order valence-electron chi connectivity index (χ4n) is 2.41. The maximum absolute atomic E-state index is 12.0. The second-order valence-electron chi connectivity index (χ2n) is 5.10. The molecule has 0 aliphatic heterocycles. The Hall–Kier alpha value is -1.86. The third-order valence-corrected chi connectivity index (χ3v) is 3.50. The Morgan fingerprint density at radius 3 is 2.95 bits per heavy atom. The Labute approximate surface area is 119 Å². The molecule has 1 aromatic rings. The summed E-state index contributed by atoms with van der Waals surface area (Å²) < 4.78 is 0. The summed E-state index contributed by atoms with van der Waals surface area (Å²) in [5.74, 6) is 6.24. The summed E-state index contributed by atoms with van der Waals surface area (Å²) >= 11 is 0. The second-order valence-corrected chi connectivity index (χ2v) is 5.10. The first-order valence-corrected chi connectivity index (χ1v) is 7.12. The molecule has 2 rings (SSSR count). The predicted molar refractivity (Wildman–Crippen MR) is 77.1 cm³/mol. The first-order chi connectivity index (χ1) is 9.79. The number of pyridine rings is 1. The largest absolute Gasteiger partial charge is 0.395 e. The fraction of sp³-hybridized carbons (Fsp3) is 0.500. The maximum Gasteiger partial charge on any atom is 0.252 e. The Morgan fingerprint density at radius 2 is 2.20 bits per heavy atom. The summed E-state index contributed by atoms with van der Waals surface area (Å²) in [6.07, 6.45) is 8.59. The number of aromatic nitrogens is 1. The average molecular weight is 272 g/mol. The van der Waals surface area contributed by atoms with Crippen molar-refractivity contribution in [1.29, 1.82) is 0 Å². The first-order valence-electron chi connectivity index (χ1n) is 7.12. The van der Waals surface area contributed by atoms with Crippen LogP contribution < -0.4 is 5.32 Å². The topological polar surface area (TPSA) is 62.2 Å². The minimum absolute atomic E-state index is 0.0436. The number of aliphatic hydroxyl groups excluding tert-OH is 1. The zero-order chi connectivity index (χ0) is 14.2. The summed E-state index contributed by atoms with van der Waals surface area (Å²) in [5.41, 5.74) is 1.24. The molecule has 4 heteroatoms. The quantitative estimate of drug-likeness (QED) is 0.821. The summed E-state index contributed by atoms with van der Waals surface area (Å²) in [4.78, 5) is 16.1. The lowest BCUT2D eigenvalue weighted by Gasteiger charge is -2.10. The van der Waals surface area contributed by atoms with Gasteiger partial charge in [-0.1, -0.05) is 24.7 Å². The lowest BCUT2D eigenvalue weighted by atomic mass is 10.1. The molecule has 1 amide bonds. The van der Waals surface area contributed by atoms with Crippen LogP contribution in [0, 0.1) is 17.8 Å². The fourth-order valence-corrected chi connectivity index (χ4v) is 2.41. The number of carbonyl (C=O) groups excluding carboxylic acids is 1. The predicted octanol–water partition coefficient (Wildman–Crippen LogP) is 1.74. The third kappa shape index (κ3) is 4.36. The Balaban J connectivity index is 1.92. The molecule has 1 aliphatic carbocycles. The van der Waals surface area contributed by atoms with Crippen molar-refractivity contribution in [2.45, 2.75) is 32.1 Å². The average Bonchev–Trinajstić information content (AvgIpc) is 2.99. The summed E-state index contributed by atoms with van der Waals surface area (Å²) in [6.45, 7) is 0.793. The number of nitrogens with zero attached hydrogens (tertiary/aromatic N) is 1. The zero-order valence-corrected chi connectivity index (χ0v) is 11.6. The first kappa shape index (κ1) is 14.5. The van der Waals surface area contributed by atoms with Crippen LogP contribution >= 0.6 is 0 Å². The van der Waals surface area contributed by atoms with Crippen molar-refractivity contribution in [2.24, 2.45) is 5.92 Å². The van der Waals surface area contributed by atoms with E-state index in [0.29, 0.717) is 23.5 Å². The highest BCUT2D eigenvalue weighted by Crippen LogP contribution is 2.23. The van der Waals surface area contributed by atoms with Crippen molar-refractivity contribution in [2.75, 3.05) is 13.2 Å². The number of rotatable bonds is 4. The van der Waals surface area contributed by atoms with Crippen LogP contribution in [-0.4, -0.2) is 29.1 Å². The zero-order valence-electron chi connectivity index (χ0n) is 11.6. The molecule has 106 valence electrons. The highest BCUT2D eigenvalue weighted by Gasteiger charge is 2.16. The molecule has 0 spiro atoms. The summed E-state index contributed by atoms with van der Waals surface area (Å²) in [7, 11) is 0. The van der Waals surface area contributed by atoms with Crippen molar-refractivity contribution in [3.63, 3.8) is 0 Å². The van der Waals surface area contributed by atoms with E-state index in [9.17, 15) is 4.79 Å². The number of aliphatic hydroxyl groups is 1. The minimum Gasteiger partial charge on any atom is -0.395 e. The number of hydrogen-bond donors (Lipinski definition) is 2. The van der Waals surface area contributed by atoms with Crippen molar-refractivity contribution < 1.29 is 9.90 Å². The molecule has 0 unspecified atom stereocenters. The highest BCUT2D eigenvalue weighted by molar-refractivity contribution is 5.94. The second kappa shape index (κ2) is 7.66. The molecule has 0 aromatic carbocycles. The molecule has 1 aliphatic rings. The van der Waals surface area contributed by atoms with Gasteiger partial charge < -0.3 is 10.4 Å². The van der Waals surface area contributed by atoms with Crippen LogP contribution in [0.5, 0.6) is 0 Å². The number of amides is 1. The van der Waals surface area contributed by atoms with Crippen LogP contribution in [0.2, 0.25) is 0 Å². The molecule has 0 atom stereocenters. The Bertz CT molecular complexity index is 511. The molecule has 4 nitrogen and oxygen atoms in total. The van der Waals surface area contributed by atoms with Crippen molar-refractivity contribution in [1.82, 2.24) is 10.3 Å². The molecule has 2 N–H and O–H groups in total. The summed E-state index contributed by atoms with van der Waals surface area (Å²) in [5, 5.41) is 11.6. The smallest absolute Gasteiger partial charge is 0.252 e. The SMILES string of the molecule is O=C(NCC1CCCC1)c1cncc(C#CCCO)c1. The van der Waals surface area contributed by atoms with Crippen LogP contribution in [0.25, 0.3) is 0 Å². The van der Waals surface area contributed by atoms with Gasteiger partial charge in [0.25, 0.3) is 5.91 Å². The highest BCUT2D eigenvalue weighted by atomic mass is 16.2. The van der Waals surface area contributed by atoms with E-state index < -0.39 is 0 Å². The van der Waals surface area contributed by atoms with Gasteiger partial charge in [0.05, 0.1) is 12.2 Å². The van der Waals surface area contributed by atoms with Gasteiger partial charge in [0, 0.05) is 30.9 Å². The van der Waals surface area contributed by atoms with Gasteiger partial charge in [0.1, 0.15) is 0 Å². The van der Waals surface area contributed by atoms with Gasteiger partial charge in [-0.05, 0) is 24.8 Å². The number of carbonyl (C=O) groups is 1. The number of nitrogens with one attached hydrogen (secondary N) is 1. The van der Waals surface area contributed by atoms with Gasteiger partial charge in [0.2, 0.25) is 0 Å². The Morgan fingerprint density at radius 1 is 1.40 bits per heavy atom. The van der Waals surface area contributed by atoms with Crippen LogP contribution in [-0.2, 0) is 0 Å². The van der Waals surface area contributed by atoms with Crippen LogP contribution in [0.4, 0.5) is 0 Å². The molecule has 0 bridgehead atoms. The van der Waals surface area contributed by atoms with Crippen molar-refractivity contribution in [3.05, 3.63) is 29.6 Å². The molecule has 0 saturated heterocycles. The molecule has 1 saturated carbocycles. The number of hydrogen-bond acceptors (Lipinski definition) is 3. The van der Waals surface area contributed by atoms with Gasteiger partial charge in [-0.15, -0.1) is 0 Å². The van der Waals surface area contributed by atoms with E-state index in [1.807, 2.05) is 0 Å². The van der Waals surface area contributed by atoms with E-state index in [0.717, 1.165) is 6.54 Å². The standard InChI is InChI=1S/C16H20N2O2/c19-8-4-3-7-14-9-15(12-17-10-14)16(20)18-11-13-5-1-2-6-13/h9-10,12-13,19H,1-2,4-6,8,11H2,(H,18,20). The molecular formula is C16H20N2O2. The lowest BCUT2D eigenvalue weighted by molar-refractivity contribution is 0.0947. The van der Waals surface area contributed by atoms with Gasteiger partial charge in [-0.3, -0.25) is 9.78 Å². The normalized spacial score (nSPS) is 14.7. The van der Waals surface area contributed by atoms with Gasteiger partial charge in [-0.2, -0.15) is 0 Å². The molecule has 1 heterocycles. The summed E-state index contributed by atoms with van der Waals surface area (Å²) in [6, 6.07) is 1.74. The third-order valence-electron chi connectivity index (χ3n) is 3.50. The van der Waals surface area contributed by atoms with E-state index in [-0.39, 0.29) is 12.5 Å². The van der Waals surface area contributed by atoms with Crippen LogP contribution in [0.3, 0.4) is 0 Å². The van der Waals surface area contributed by atoms with E-state index in [1.54, 1.807) is 18.5 Å². The van der Waals surface area contributed by atoms with E-state index in [1.165, 1.54) is 25.7 Å². The van der Waals surface area contributed by atoms with Crippen LogP contribution in [0.1, 0.15) is 48.0 Å². The van der Waals surface area contributed by atoms with Crippen molar-refractivity contribution >= 4 is 5.91 Å². The minimum atomic E-state index is -0.0878. The molecular weight excluding hydrogens is 252 g/mol. The monoisotopic (exact) mass is 272 g/mol. The Kier molecular flexibility index (Phi) is 5.57. The van der Waals surface area contributed by atoms with Gasteiger partial charge in [-0.25, -0.2) is 0 Å². The van der Waals surface area contributed by atoms with Gasteiger partial charge in [0.15, 0.2) is 0 Å². The molecule has 20 heavy (non-hydrogen) atoms. The van der Waals surface area contributed by atoms with E-state index in [4.69, 9.17) is 5.11 Å². The van der Waals surface area contributed by atoms with Gasteiger partial charge >= 0.3 is 0 Å². The van der Waals surface area contributed by atoms with Crippen molar-refractivity contribution in [3.8, 4) is 11.8 Å². The molecule has 0 radical (unpaired) electrons. The molecule has 1 fully saturated rings. The lowest BCUT2D eigenvalue weighted by Crippen LogP contribution is -2.28. The van der Waals surface area contributed by atoms with Crippen LogP contribution in [0.15, 0.2) is 18.5 Å². The maximum atomic E-state index is 12.0.